The smallest absolute Gasteiger partial charge is 0.234 e. The van der Waals surface area contributed by atoms with Gasteiger partial charge in [0.1, 0.15) is 17.3 Å². The number of rotatable bonds is 4. The highest BCUT2D eigenvalue weighted by molar-refractivity contribution is 8.76. The molecule has 12 heteroatoms. The van der Waals surface area contributed by atoms with Crippen molar-refractivity contribution in [1.82, 2.24) is 0 Å². The van der Waals surface area contributed by atoms with Crippen LogP contribution in [0.5, 0.6) is 5.75 Å². The molecule has 2 saturated heterocycles. The fraction of sp³-hybridized carbons (Fsp3) is 0.800. The number of epoxide rings is 1. The zero-order valence-corrected chi connectivity index (χ0v) is 39.1. The third-order valence-corrected chi connectivity index (χ3v) is 22.8. The molecule has 4 spiro atoms. The monoisotopic (exact) mass is 893 g/mol. The quantitative estimate of drug-likeness (QED) is 0.131. The van der Waals surface area contributed by atoms with Crippen molar-refractivity contribution in [2.75, 3.05) is 17.2 Å². The molecule has 12 rings (SSSR count). The number of carbonyl (C=O) groups excluding carboxylic acids is 2. The van der Waals surface area contributed by atoms with Gasteiger partial charge in [-0.2, -0.15) is 0 Å². The Morgan fingerprint density at radius 2 is 1.61 bits per heavy atom. The van der Waals surface area contributed by atoms with E-state index in [0.717, 1.165) is 62.6 Å². The lowest BCUT2D eigenvalue weighted by Gasteiger charge is -2.65. The number of amides is 1. The van der Waals surface area contributed by atoms with Crippen LogP contribution in [0.15, 0.2) is 29.8 Å². The van der Waals surface area contributed by atoms with Crippen molar-refractivity contribution >= 4 is 39.0 Å². The Labute approximate surface area is 375 Å². The van der Waals surface area contributed by atoms with Gasteiger partial charge < -0.3 is 40.3 Å². The molecule has 15 atom stereocenters. The largest absolute Gasteiger partial charge is 0.508 e. The fourth-order valence-electron chi connectivity index (χ4n) is 16.6. The van der Waals surface area contributed by atoms with Crippen molar-refractivity contribution in [2.45, 2.75) is 178 Å². The van der Waals surface area contributed by atoms with Gasteiger partial charge in [0.25, 0.3) is 0 Å². The number of aryl methyl sites for hydroxylation is 1. The van der Waals surface area contributed by atoms with Gasteiger partial charge in [-0.25, -0.2) is 0 Å². The van der Waals surface area contributed by atoms with Crippen LogP contribution in [0.1, 0.15) is 136 Å². The normalized spacial score (nSPS) is 46.4. The van der Waals surface area contributed by atoms with Gasteiger partial charge in [-0.1, -0.05) is 75.0 Å². The summed E-state index contributed by atoms with van der Waals surface area (Å²) in [6.45, 7) is 11.0. The van der Waals surface area contributed by atoms with Crippen LogP contribution in [0.25, 0.3) is 0 Å². The lowest BCUT2D eigenvalue weighted by atomic mass is 9.40. The van der Waals surface area contributed by atoms with Gasteiger partial charge in [0.2, 0.25) is 5.91 Å². The van der Waals surface area contributed by atoms with E-state index in [9.17, 15) is 30.6 Å². The van der Waals surface area contributed by atoms with E-state index in [0.29, 0.717) is 62.3 Å². The number of aliphatic hydroxyl groups is 5. The summed E-state index contributed by atoms with van der Waals surface area (Å²) in [4.78, 5) is 32.7. The summed E-state index contributed by atoms with van der Waals surface area (Å²) >= 11 is 0. The van der Waals surface area contributed by atoms with E-state index in [-0.39, 0.29) is 59.6 Å². The maximum absolute atomic E-state index is 15.4. The second-order valence-electron chi connectivity index (χ2n) is 22.8. The van der Waals surface area contributed by atoms with E-state index in [1.165, 1.54) is 10.8 Å². The summed E-state index contributed by atoms with van der Waals surface area (Å²) < 4.78 is 6.37. The molecule has 5 heterocycles. The van der Waals surface area contributed by atoms with Crippen molar-refractivity contribution in [3.8, 4) is 5.75 Å². The van der Waals surface area contributed by atoms with E-state index >= 15 is 9.59 Å². The molecule has 62 heavy (non-hydrogen) atoms. The average Bonchev–Trinajstić information content (AvgIpc) is 3.70. The standard InChI is InChI=1S/C50H71NO9S2/c1-28(2)29(3)40-41(60-40)45(5,58)38-13-19-50(59)35-23-39(55)49-25-37(54)36(53)24-44(49,4)34(35)12-18-47(38,50)17-11-30-20-32(22-33(52)21-30)51-27-46(14-8-9-15-46)48(42(51)56)16-7-6-10-31(48)26-61-62-43(49)57/h20-23,28-29,31,34,36-38,40-41,43,52-54,57-59H,6-19,24-27H2,1-5H3. The number of fused-ring (bicyclic) bond motifs is 2. The summed E-state index contributed by atoms with van der Waals surface area (Å²) in [6, 6.07) is 5.61. The zero-order valence-electron chi connectivity index (χ0n) is 37.5. The van der Waals surface area contributed by atoms with Crippen LogP contribution >= 0.6 is 21.6 Å². The number of anilines is 1. The van der Waals surface area contributed by atoms with Crippen LogP contribution in [-0.4, -0.2) is 95.7 Å². The first kappa shape index (κ1) is 44.2. The zero-order chi connectivity index (χ0) is 44.0. The number of phenols is 1. The predicted octanol–water partition coefficient (Wildman–Crippen LogP) is 7.49. The van der Waals surface area contributed by atoms with Crippen LogP contribution in [0.4, 0.5) is 5.69 Å². The van der Waals surface area contributed by atoms with Gasteiger partial charge in [-0.3, -0.25) is 9.59 Å². The number of hydrogen-bond donors (Lipinski definition) is 6. The Balaban J connectivity index is 1.13. The number of aromatic hydroxyl groups is 1. The number of benzene rings is 1. The Kier molecular flexibility index (Phi) is 10.6. The van der Waals surface area contributed by atoms with Gasteiger partial charge >= 0.3 is 0 Å². The Hall–Kier alpha value is -1.64. The van der Waals surface area contributed by atoms with E-state index in [2.05, 4.69) is 26.8 Å². The molecule has 5 saturated carbocycles. The molecular weight excluding hydrogens is 823 g/mol. The van der Waals surface area contributed by atoms with Crippen molar-refractivity contribution in [1.29, 1.82) is 0 Å². The van der Waals surface area contributed by atoms with Gasteiger partial charge in [0.05, 0.1) is 40.3 Å². The molecule has 1 aromatic rings. The number of hydrogen-bond acceptors (Lipinski definition) is 11. The molecule has 1 aromatic carbocycles. The molecule has 1 amide bonds. The summed E-state index contributed by atoms with van der Waals surface area (Å²) in [5, 5.41) is 73.6. The minimum atomic E-state index is -1.50. The number of ketones is 1. The highest BCUT2D eigenvalue weighted by Crippen LogP contribution is 2.74. The number of carbonyl (C=O) groups is 2. The molecule has 10 nitrogen and oxygen atoms in total. The van der Waals surface area contributed by atoms with Crippen LogP contribution in [0.3, 0.4) is 0 Å². The van der Waals surface area contributed by atoms with E-state index in [1.54, 1.807) is 29.0 Å². The lowest BCUT2D eigenvalue weighted by Crippen LogP contribution is -2.68. The topological polar surface area (TPSA) is 171 Å². The maximum atomic E-state index is 15.4. The van der Waals surface area contributed by atoms with Crippen LogP contribution in [0.2, 0.25) is 0 Å². The van der Waals surface area contributed by atoms with Crippen molar-refractivity contribution in [2.24, 2.45) is 56.7 Å². The molecule has 5 aliphatic heterocycles. The van der Waals surface area contributed by atoms with Gasteiger partial charge in [0, 0.05) is 34.9 Å². The predicted molar refractivity (Wildman–Crippen MR) is 241 cm³/mol. The fourth-order valence-corrected chi connectivity index (χ4v) is 19.7. The number of allylic oxidation sites excluding steroid dienone is 1. The first-order chi connectivity index (χ1) is 29.3. The number of nitrogens with zero attached hydrogens (tertiary/aromatic N) is 1. The molecule has 342 valence electrons. The van der Waals surface area contributed by atoms with Gasteiger partial charge in [-0.15, -0.1) is 0 Å². The summed E-state index contributed by atoms with van der Waals surface area (Å²) in [7, 11) is 2.82. The molecule has 11 aliphatic rings. The minimum absolute atomic E-state index is 0.0678. The maximum Gasteiger partial charge on any atom is 0.234 e. The highest BCUT2D eigenvalue weighted by Gasteiger charge is 2.75. The molecule has 6 aliphatic carbocycles. The number of aliphatic hydroxyl groups excluding tert-OH is 3. The SMILES string of the molecule is CC(C)C(C)C1OC1C(C)(O)C1CCC2(O)C3=CC(=O)C45CC(O)C(O)CC4(C)C3CCC12CCc1cc(O)cc(c1)N1CC2(CCCC2)C2(CCCCC2CSSC5O)C1=O. The molecule has 7 fully saturated rings. The van der Waals surface area contributed by atoms with E-state index in [1.807, 2.05) is 18.7 Å². The first-order valence-corrected chi connectivity index (χ1v) is 26.5. The average molecular weight is 894 g/mol. The molecule has 15 unspecified atom stereocenters. The second-order valence-corrected chi connectivity index (χ2v) is 25.3. The second kappa shape index (κ2) is 14.9. The van der Waals surface area contributed by atoms with Gasteiger partial charge in [0.15, 0.2) is 5.78 Å². The van der Waals surface area contributed by atoms with Crippen LogP contribution in [0, 0.1) is 56.7 Å². The highest BCUT2D eigenvalue weighted by atomic mass is 33.1. The Morgan fingerprint density at radius 3 is 2.35 bits per heavy atom. The van der Waals surface area contributed by atoms with E-state index in [4.69, 9.17) is 4.74 Å². The number of phenolic OH excluding ortho intramolecular Hbond substituents is 1. The molecular formula is C50H71NO9S2. The van der Waals surface area contributed by atoms with Crippen molar-refractivity contribution in [3.05, 3.63) is 35.4 Å². The van der Waals surface area contributed by atoms with E-state index < -0.39 is 62.5 Å². The van der Waals surface area contributed by atoms with Crippen LogP contribution < -0.4 is 4.90 Å². The third-order valence-electron chi connectivity index (χ3n) is 20.2. The molecule has 8 bridgehead atoms. The number of ether oxygens (including phenoxy) is 1. The first-order valence-electron chi connectivity index (χ1n) is 24.2. The Morgan fingerprint density at radius 1 is 0.887 bits per heavy atom. The minimum Gasteiger partial charge on any atom is -0.508 e. The van der Waals surface area contributed by atoms with Crippen molar-refractivity contribution < 1.29 is 45.0 Å². The molecule has 0 aromatic heterocycles. The lowest BCUT2D eigenvalue weighted by molar-refractivity contribution is -0.198. The third kappa shape index (κ3) is 5.84. The molecule has 0 radical (unpaired) electrons. The molecule has 6 N–H and O–H groups in total. The van der Waals surface area contributed by atoms with Crippen molar-refractivity contribution in [3.63, 3.8) is 0 Å². The summed E-state index contributed by atoms with van der Waals surface area (Å²) in [5.41, 5.74) is -5.86. The van der Waals surface area contributed by atoms with Crippen LogP contribution in [-0.2, 0) is 20.7 Å². The summed E-state index contributed by atoms with van der Waals surface area (Å²) in [5.74, 6) is 0.461. The Bertz CT molecular complexity index is 2020. The summed E-state index contributed by atoms with van der Waals surface area (Å²) in [6.07, 6.45) is 9.56. The van der Waals surface area contributed by atoms with Gasteiger partial charge in [-0.05, 0) is 148 Å².